The van der Waals surface area contributed by atoms with E-state index in [1.54, 1.807) is 0 Å². The van der Waals surface area contributed by atoms with E-state index in [-0.39, 0.29) is 23.6 Å². The van der Waals surface area contributed by atoms with Crippen molar-refractivity contribution in [1.29, 1.82) is 0 Å². The van der Waals surface area contributed by atoms with Gasteiger partial charge in [0.25, 0.3) is 0 Å². The van der Waals surface area contributed by atoms with Crippen LogP contribution in [0.15, 0.2) is 0 Å². The van der Waals surface area contributed by atoms with Gasteiger partial charge in [0.15, 0.2) is 0 Å². The van der Waals surface area contributed by atoms with E-state index in [2.05, 4.69) is 0 Å². The summed E-state index contributed by atoms with van der Waals surface area (Å²) >= 11 is 1.26. The second-order valence-electron chi connectivity index (χ2n) is 4.78. The van der Waals surface area contributed by atoms with Crippen molar-refractivity contribution in [3.63, 3.8) is 0 Å². The van der Waals surface area contributed by atoms with Gasteiger partial charge in [0.2, 0.25) is 0 Å². The van der Waals surface area contributed by atoms with Crippen LogP contribution in [0.1, 0.15) is 46.5 Å². The highest BCUT2D eigenvalue weighted by molar-refractivity contribution is 8.00. The Bertz CT molecular complexity index is 255. The first-order valence-electron chi connectivity index (χ1n) is 6.63. The molecule has 0 N–H and O–H groups in total. The molecular formula is C13H23F3O2S. The standard InChI is InChI=1S/C13H23F3O2S/c1-4-5-8-18-12(17)11(10(2)3)19-9-6-7-13(14,15)16/h10-11H,4-9H2,1-3H3. The predicted molar refractivity (Wildman–Crippen MR) is 72.2 cm³/mol. The summed E-state index contributed by atoms with van der Waals surface area (Å²) in [5, 5.41) is -0.370. The van der Waals surface area contributed by atoms with Gasteiger partial charge in [-0.15, -0.1) is 11.8 Å². The summed E-state index contributed by atoms with van der Waals surface area (Å²) in [5.41, 5.74) is 0. The number of thioether (sulfide) groups is 1. The molecule has 0 spiro atoms. The fourth-order valence-electron chi connectivity index (χ4n) is 1.41. The van der Waals surface area contributed by atoms with Crippen LogP contribution >= 0.6 is 11.8 Å². The van der Waals surface area contributed by atoms with Crippen LogP contribution in [-0.2, 0) is 9.53 Å². The van der Waals surface area contributed by atoms with Gasteiger partial charge in [0.05, 0.1) is 6.61 Å². The third kappa shape index (κ3) is 10.1. The minimum absolute atomic E-state index is 0.0413. The normalized spacial score (nSPS) is 13.6. The highest BCUT2D eigenvalue weighted by Crippen LogP contribution is 2.26. The number of rotatable bonds is 9. The number of hydrogen-bond donors (Lipinski definition) is 0. The van der Waals surface area contributed by atoms with E-state index in [0.29, 0.717) is 12.4 Å². The third-order valence-corrected chi connectivity index (χ3v) is 4.10. The van der Waals surface area contributed by atoms with Gasteiger partial charge in [-0.05, 0) is 24.5 Å². The molecule has 1 unspecified atom stereocenters. The van der Waals surface area contributed by atoms with E-state index >= 15 is 0 Å². The van der Waals surface area contributed by atoms with Crippen LogP contribution < -0.4 is 0 Å². The molecule has 0 rings (SSSR count). The molecule has 0 aromatic heterocycles. The van der Waals surface area contributed by atoms with E-state index in [0.717, 1.165) is 12.8 Å². The van der Waals surface area contributed by atoms with Gasteiger partial charge in [0, 0.05) is 6.42 Å². The van der Waals surface area contributed by atoms with Crippen LogP contribution in [0.4, 0.5) is 13.2 Å². The fourth-order valence-corrected chi connectivity index (χ4v) is 2.57. The lowest BCUT2D eigenvalue weighted by Gasteiger charge is -2.19. The monoisotopic (exact) mass is 300 g/mol. The van der Waals surface area contributed by atoms with E-state index in [1.165, 1.54) is 11.8 Å². The minimum atomic E-state index is -4.12. The van der Waals surface area contributed by atoms with Crippen LogP contribution in [-0.4, -0.2) is 29.8 Å². The summed E-state index contributed by atoms with van der Waals surface area (Å²) in [6.07, 6.45) is -3.11. The Morgan fingerprint density at radius 2 is 1.89 bits per heavy atom. The molecule has 0 aliphatic carbocycles. The van der Waals surface area contributed by atoms with E-state index in [1.807, 2.05) is 20.8 Å². The zero-order valence-electron chi connectivity index (χ0n) is 11.8. The van der Waals surface area contributed by atoms with Gasteiger partial charge >= 0.3 is 12.1 Å². The molecule has 6 heteroatoms. The summed E-state index contributed by atoms with van der Waals surface area (Å²) in [6, 6.07) is 0. The van der Waals surface area contributed by atoms with Gasteiger partial charge in [-0.1, -0.05) is 27.2 Å². The number of halogens is 3. The number of unbranched alkanes of at least 4 members (excludes halogenated alkanes) is 1. The van der Waals surface area contributed by atoms with Gasteiger partial charge in [-0.3, -0.25) is 4.79 Å². The van der Waals surface area contributed by atoms with E-state index in [9.17, 15) is 18.0 Å². The minimum Gasteiger partial charge on any atom is -0.465 e. The Kier molecular flexibility index (Phi) is 9.31. The van der Waals surface area contributed by atoms with Gasteiger partial charge in [0.1, 0.15) is 5.25 Å². The van der Waals surface area contributed by atoms with Crippen LogP contribution in [0, 0.1) is 5.92 Å². The van der Waals surface area contributed by atoms with Crippen molar-refractivity contribution in [2.45, 2.75) is 57.9 Å². The molecule has 0 aromatic carbocycles. The van der Waals surface area contributed by atoms with Crippen molar-refractivity contribution in [3.05, 3.63) is 0 Å². The molecule has 114 valence electrons. The number of carbonyl (C=O) groups excluding carboxylic acids is 1. The van der Waals surface area contributed by atoms with Gasteiger partial charge in [-0.25, -0.2) is 0 Å². The molecule has 0 saturated carbocycles. The summed E-state index contributed by atoms with van der Waals surface area (Å²) in [6.45, 7) is 6.15. The van der Waals surface area contributed by atoms with E-state index in [4.69, 9.17) is 4.74 Å². The number of hydrogen-bond acceptors (Lipinski definition) is 3. The Labute approximate surface area is 117 Å². The Morgan fingerprint density at radius 1 is 1.26 bits per heavy atom. The first-order valence-corrected chi connectivity index (χ1v) is 7.67. The van der Waals surface area contributed by atoms with Crippen molar-refractivity contribution in [2.24, 2.45) is 5.92 Å². The average Bonchev–Trinajstić information content (AvgIpc) is 2.27. The van der Waals surface area contributed by atoms with Crippen molar-refractivity contribution >= 4 is 17.7 Å². The Hall–Kier alpha value is -0.390. The molecule has 0 amide bonds. The van der Waals surface area contributed by atoms with E-state index < -0.39 is 12.6 Å². The van der Waals surface area contributed by atoms with Crippen molar-refractivity contribution in [2.75, 3.05) is 12.4 Å². The zero-order valence-corrected chi connectivity index (χ0v) is 12.6. The molecule has 1 atom stereocenters. The summed E-state index contributed by atoms with van der Waals surface area (Å²) in [4.78, 5) is 11.8. The summed E-state index contributed by atoms with van der Waals surface area (Å²) in [7, 11) is 0. The highest BCUT2D eigenvalue weighted by Gasteiger charge is 2.28. The highest BCUT2D eigenvalue weighted by atomic mass is 32.2. The number of ether oxygens (including phenoxy) is 1. The molecule has 0 radical (unpaired) electrons. The zero-order chi connectivity index (χ0) is 14.9. The summed E-state index contributed by atoms with van der Waals surface area (Å²) in [5.74, 6) is 0.0797. The van der Waals surface area contributed by atoms with Crippen molar-refractivity contribution in [3.8, 4) is 0 Å². The second kappa shape index (κ2) is 9.50. The maximum Gasteiger partial charge on any atom is 0.389 e. The topological polar surface area (TPSA) is 26.3 Å². The molecule has 0 aliphatic rings. The molecule has 0 aliphatic heterocycles. The molecule has 19 heavy (non-hydrogen) atoms. The number of carbonyl (C=O) groups is 1. The molecule has 0 aromatic rings. The summed E-state index contributed by atoms with van der Waals surface area (Å²) < 4.78 is 41.1. The lowest BCUT2D eigenvalue weighted by atomic mass is 10.1. The maximum atomic E-state index is 12.0. The van der Waals surface area contributed by atoms with Gasteiger partial charge in [-0.2, -0.15) is 13.2 Å². The third-order valence-electron chi connectivity index (χ3n) is 2.48. The average molecular weight is 300 g/mol. The first kappa shape index (κ1) is 18.6. The number of alkyl halides is 3. The predicted octanol–water partition coefficient (Wildman–Crippen LogP) is 4.43. The van der Waals surface area contributed by atoms with Crippen molar-refractivity contribution < 1.29 is 22.7 Å². The Morgan fingerprint density at radius 3 is 2.37 bits per heavy atom. The molecule has 0 fully saturated rings. The number of esters is 1. The lowest BCUT2D eigenvalue weighted by molar-refractivity contribution is -0.143. The Balaban J connectivity index is 4.01. The molecule has 0 saturated heterocycles. The lowest BCUT2D eigenvalue weighted by Crippen LogP contribution is -2.26. The molecule has 2 nitrogen and oxygen atoms in total. The van der Waals surface area contributed by atoms with Crippen LogP contribution in [0.3, 0.4) is 0 Å². The SMILES string of the molecule is CCCCOC(=O)C(SCCCC(F)(F)F)C(C)C. The van der Waals surface area contributed by atoms with Crippen LogP contribution in [0.25, 0.3) is 0 Å². The fraction of sp³-hybridized carbons (Fsp3) is 0.923. The van der Waals surface area contributed by atoms with Crippen LogP contribution in [0.2, 0.25) is 0 Å². The largest absolute Gasteiger partial charge is 0.465 e. The van der Waals surface area contributed by atoms with Crippen molar-refractivity contribution in [1.82, 2.24) is 0 Å². The second-order valence-corrected chi connectivity index (χ2v) is 6.02. The van der Waals surface area contributed by atoms with Gasteiger partial charge < -0.3 is 4.74 Å². The quantitative estimate of drug-likeness (QED) is 0.465. The van der Waals surface area contributed by atoms with Crippen LogP contribution in [0.5, 0.6) is 0 Å². The molecule has 0 bridgehead atoms. The first-order chi connectivity index (χ1) is 8.78. The smallest absolute Gasteiger partial charge is 0.389 e. The molecular weight excluding hydrogens is 277 g/mol. The maximum absolute atomic E-state index is 12.0. The molecule has 0 heterocycles.